The number of amides is 1. The summed E-state index contributed by atoms with van der Waals surface area (Å²) in [6.45, 7) is 4.74. The van der Waals surface area contributed by atoms with Gasteiger partial charge < -0.3 is 16.1 Å². The molecule has 2 heterocycles. The van der Waals surface area contributed by atoms with Crippen LogP contribution in [0.1, 0.15) is 38.2 Å². The number of carbonyl (C=O) groups is 1. The lowest BCUT2D eigenvalue weighted by Crippen LogP contribution is -2.42. The van der Waals surface area contributed by atoms with Crippen LogP contribution in [0.3, 0.4) is 0 Å². The average molecular weight is 264 g/mol. The normalized spacial score (nSPS) is 19.2. The molecule has 0 aromatic carbocycles. The largest absolute Gasteiger partial charge is 0.365 e. The van der Waals surface area contributed by atoms with Gasteiger partial charge in [0.2, 0.25) is 5.91 Å². The number of hydrazine groups is 1. The van der Waals surface area contributed by atoms with Crippen molar-refractivity contribution in [3.63, 3.8) is 0 Å². The van der Waals surface area contributed by atoms with E-state index >= 15 is 0 Å². The Balaban J connectivity index is 2.17. The van der Waals surface area contributed by atoms with Crippen LogP contribution in [0.15, 0.2) is 6.33 Å². The summed E-state index contributed by atoms with van der Waals surface area (Å²) in [4.78, 5) is 19.6. The first-order chi connectivity index (χ1) is 9.11. The molecule has 19 heavy (non-hydrogen) atoms. The lowest BCUT2D eigenvalue weighted by atomic mass is 10.0. The number of rotatable bonds is 4. The number of hydrogen-bond acceptors (Lipinski definition) is 6. The monoisotopic (exact) mass is 264 g/mol. The minimum atomic E-state index is 0.106. The predicted molar refractivity (Wildman–Crippen MR) is 73.6 cm³/mol. The van der Waals surface area contributed by atoms with E-state index in [1.807, 2.05) is 0 Å². The van der Waals surface area contributed by atoms with Crippen LogP contribution in [0.25, 0.3) is 0 Å². The fourth-order valence-electron chi connectivity index (χ4n) is 2.22. The fraction of sp³-hybridized carbons (Fsp3) is 0.583. The average Bonchev–Trinajstić information content (AvgIpc) is 2.40. The highest BCUT2D eigenvalue weighted by Crippen LogP contribution is 2.28. The Morgan fingerprint density at radius 2 is 2.16 bits per heavy atom. The Labute approximate surface area is 112 Å². The molecule has 0 spiro atoms. The molecule has 0 saturated carbocycles. The summed E-state index contributed by atoms with van der Waals surface area (Å²) in [5.74, 6) is 7.24. The van der Waals surface area contributed by atoms with Gasteiger partial charge in [-0.3, -0.25) is 4.79 Å². The van der Waals surface area contributed by atoms with Crippen molar-refractivity contribution in [1.29, 1.82) is 0 Å². The smallest absolute Gasteiger partial charge is 0.220 e. The van der Waals surface area contributed by atoms with E-state index < -0.39 is 0 Å². The third-order valence-corrected chi connectivity index (χ3v) is 3.20. The van der Waals surface area contributed by atoms with Gasteiger partial charge in [0.25, 0.3) is 0 Å². The van der Waals surface area contributed by atoms with Crippen molar-refractivity contribution in [2.24, 2.45) is 5.84 Å². The number of nitrogens with one attached hydrogen (secondary N) is 3. The number of carbonyl (C=O) groups excluding carboxylic acids is 1. The molecule has 1 aliphatic heterocycles. The topological polar surface area (TPSA) is 105 Å². The number of nitrogen functional groups attached to an aromatic ring is 1. The molecule has 1 aliphatic rings. The summed E-state index contributed by atoms with van der Waals surface area (Å²) >= 11 is 0. The van der Waals surface area contributed by atoms with Crippen LogP contribution in [0.2, 0.25) is 0 Å². The Morgan fingerprint density at radius 3 is 2.74 bits per heavy atom. The van der Waals surface area contributed by atoms with Crippen molar-refractivity contribution in [3.8, 4) is 0 Å². The number of nitrogens with zero attached hydrogens (tertiary/aromatic N) is 2. The first-order valence-corrected chi connectivity index (χ1v) is 6.46. The predicted octanol–water partition coefficient (Wildman–Crippen LogP) is 0.576. The summed E-state index contributed by atoms with van der Waals surface area (Å²) in [6.07, 6.45) is 2.82. The number of nitrogens with two attached hydrogens (primary N) is 1. The van der Waals surface area contributed by atoms with Gasteiger partial charge in [0, 0.05) is 24.6 Å². The zero-order chi connectivity index (χ0) is 13.8. The second-order valence-electron chi connectivity index (χ2n) is 4.97. The second kappa shape index (κ2) is 5.83. The van der Waals surface area contributed by atoms with Crippen LogP contribution in [0.4, 0.5) is 11.6 Å². The summed E-state index contributed by atoms with van der Waals surface area (Å²) in [6, 6.07) is 0.190. The summed E-state index contributed by atoms with van der Waals surface area (Å²) in [5, 5.41) is 6.21. The van der Waals surface area contributed by atoms with Gasteiger partial charge in [0.05, 0.1) is 0 Å². The molecule has 1 aromatic rings. The van der Waals surface area contributed by atoms with E-state index in [2.05, 4.69) is 39.9 Å². The third kappa shape index (κ3) is 3.11. The van der Waals surface area contributed by atoms with E-state index in [-0.39, 0.29) is 17.9 Å². The van der Waals surface area contributed by atoms with E-state index in [0.29, 0.717) is 18.8 Å². The van der Waals surface area contributed by atoms with Gasteiger partial charge in [-0.15, -0.1) is 0 Å². The molecule has 1 saturated heterocycles. The lowest BCUT2D eigenvalue weighted by molar-refractivity contribution is -0.122. The standard InChI is InChI=1S/C12H20N6O/c1-7(2)10-11(15-6-16-12(10)18-13)17-8-3-4-9(19)14-5-8/h6-8H,3-5,13H2,1-2H3,(H,14,19)(H2,15,16,17,18). The van der Waals surface area contributed by atoms with E-state index in [4.69, 9.17) is 5.84 Å². The molecule has 1 fully saturated rings. The molecule has 1 atom stereocenters. The number of aromatic nitrogens is 2. The first-order valence-electron chi connectivity index (χ1n) is 6.46. The number of anilines is 2. The Hall–Kier alpha value is -1.89. The SMILES string of the molecule is CC(C)c1c(NN)ncnc1NC1CCC(=O)NC1. The highest BCUT2D eigenvalue weighted by Gasteiger charge is 2.21. The molecule has 0 radical (unpaired) electrons. The molecule has 0 bridgehead atoms. The highest BCUT2D eigenvalue weighted by molar-refractivity contribution is 5.77. The zero-order valence-corrected chi connectivity index (χ0v) is 11.2. The highest BCUT2D eigenvalue weighted by atomic mass is 16.1. The van der Waals surface area contributed by atoms with Crippen LogP contribution in [0.5, 0.6) is 0 Å². The molecule has 0 aliphatic carbocycles. The molecule has 5 N–H and O–H groups in total. The number of piperidine rings is 1. The third-order valence-electron chi connectivity index (χ3n) is 3.20. The number of hydrogen-bond donors (Lipinski definition) is 4. The van der Waals surface area contributed by atoms with E-state index in [9.17, 15) is 4.79 Å². The van der Waals surface area contributed by atoms with E-state index in [1.54, 1.807) is 0 Å². The minimum Gasteiger partial charge on any atom is -0.365 e. The maximum atomic E-state index is 11.1. The van der Waals surface area contributed by atoms with Crippen molar-refractivity contribution in [1.82, 2.24) is 15.3 Å². The Morgan fingerprint density at radius 1 is 1.42 bits per heavy atom. The van der Waals surface area contributed by atoms with E-state index in [1.165, 1.54) is 6.33 Å². The van der Waals surface area contributed by atoms with Crippen molar-refractivity contribution in [2.75, 3.05) is 17.3 Å². The van der Waals surface area contributed by atoms with Crippen molar-refractivity contribution >= 4 is 17.5 Å². The van der Waals surface area contributed by atoms with Crippen LogP contribution < -0.4 is 21.9 Å². The van der Waals surface area contributed by atoms with Crippen LogP contribution in [-0.4, -0.2) is 28.5 Å². The van der Waals surface area contributed by atoms with Gasteiger partial charge in [-0.1, -0.05) is 13.8 Å². The van der Waals surface area contributed by atoms with Crippen molar-refractivity contribution in [3.05, 3.63) is 11.9 Å². The van der Waals surface area contributed by atoms with Crippen molar-refractivity contribution < 1.29 is 4.79 Å². The van der Waals surface area contributed by atoms with Gasteiger partial charge in [0.15, 0.2) is 0 Å². The zero-order valence-electron chi connectivity index (χ0n) is 11.2. The summed E-state index contributed by atoms with van der Waals surface area (Å²) in [5.41, 5.74) is 3.56. The molecular formula is C12H20N6O. The molecule has 2 rings (SSSR count). The summed E-state index contributed by atoms with van der Waals surface area (Å²) in [7, 11) is 0. The van der Waals surface area contributed by atoms with Gasteiger partial charge in [-0.25, -0.2) is 15.8 Å². The van der Waals surface area contributed by atoms with Crippen LogP contribution in [0, 0.1) is 0 Å². The van der Waals surface area contributed by atoms with Crippen LogP contribution in [-0.2, 0) is 4.79 Å². The van der Waals surface area contributed by atoms with Gasteiger partial charge in [0.1, 0.15) is 18.0 Å². The molecular weight excluding hydrogens is 244 g/mol. The Kier molecular flexibility index (Phi) is 4.16. The van der Waals surface area contributed by atoms with Gasteiger partial charge in [-0.05, 0) is 12.3 Å². The van der Waals surface area contributed by atoms with Gasteiger partial charge >= 0.3 is 0 Å². The first kappa shape index (κ1) is 13.5. The molecule has 1 amide bonds. The summed E-state index contributed by atoms with van der Waals surface area (Å²) < 4.78 is 0. The van der Waals surface area contributed by atoms with Gasteiger partial charge in [-0.2, -0.15) is 0 Å². The van der Waals surface area contributed by atoms with E-state index in [0.717, 1.165) is 17.8 Å². The molecule has 7 heteroatoms. The van der Waals surface area contributed by atoms with Crippen molar-refractivity contribution in [2.45, 2.75) is 38.6 Å². The second-order valence-corrected chi connectivity index (χ2v) is 4.97. The van der Waals surface area contributed by atoms with Crippen LogP contribution >= 0.6 is 0 Å². The molecule has 1 aromatic heterocycles. The molecule has 1 unspecified atom stereocenters. The quantitative estimate of drug-likeness (QED) is 0.468. The molecule has 7 nitrogen and oxygen atoms in total. The maximum Gasteiger partial charge on any atom is 0.220 e. The molecule has 104 valence electrons. The lowest BCUT2D eigenvalue weighted by Gasteiger charge is -2.26. The fourth-order valence-corrected chi connectivity index (χ4v) is 2.22. The minimum absolute atomic E-state index is 0.106. The maximum absolute atomic E-state index is 11.1. The Bertz CT molecular complexity index is 452.